The van der Waals surface area contributed by atoms with Crippen molar-refractivity contribution >= 4 is 10.9 Å². The molecule has 0 radical (unpaired) electrons. The van der Waals surface area contributed by atoms with Crippen molar-refractivity contribution in [2.24, 2.45) is 5.92 Å². The number of phenolic OH excluding ortho intramolecular Hbond substituents is 1. The predicted octanol–water partition coefficient (Wildman–Crippen LogP) is 6.00. The number of aromatic hydroxyl groups is 1. The summed E-state index contributed by atoms with van der Waals surface area (Å²) >= 11 is 0. The molecule has 0 bridgehead atoms. The molecule has 0 spiro atoms. The number of ether oxygens (including phenoxy) is 1. The second-order valence-electron chi connectivity index (χ2n) is 8.81. The van der Waals surface area contributed by atoms with Crippen LogP contribution >= 0.6 is 0 Å². The minimum atomic E-state index is -0.0883. The van der Waals surface area contributed by atoms with Gasteiger partial charge in [-0.2, -0.15) is 0 Å². The molecular weight excluding hydrogens is 396 g/mol. The zero-order valence-electron chi connectivity index (χ0n) is 18.7. The van der Waals surface area contributed by atoms with Gasteiger partial charge in [-0.1, -0.05) is 67.6 Å². The van der Waals surface area contributed by atoms with Crippen LogP contribution in [0.3, 0.4) is 0 Å². The predicted molar refractivity (Wildman–Crippen MR) is 129 cm³/mol. The molecule has 3 aromatic carbocycles. The topological polar surface area (TPSA) is 48.5 Å². The summed E-state index contributed by atoms with van der Waals surface area (Å²) in [4.78, 5) is 5.93. The lowest BCUT2D eigenvalue weighted by Crippen LogP contribution is -2.35. The Balaban J connectivity index is 1.64. The number of methoxy groups -OCH3 is 1. The lowest BCUT2D eigenvalue weighted by Gasteiger charge is -2.38. The smallest absolute Gasteiger partial charge is 0.121 e. The standard InChI is InChI=1S/C28H30N2O2/c1-19(28(32-2)21-11-7-4-8-12-21)27-26-24(31)14-13-23-25(26)22(17-29-23)15-16-30(27)18-20-9-5-3-6-10-20/h3-14,17,19,27-29,31H,15-16,18H2,1-2H3. The van der Waals surface area contributed by atoms with E-state index in [2.05, 4.69) is 77.6 Å². The van der Waals surface area contributed by atoms with Crippen LogP contribution in [0, 0.1) is 5.92 Å². The van der Waals surface area contributed by atoms with Crippen molar-refractivity contribution in [2.45, 2.75) is 32.0 Å². The van der Waals surface area contributed by atoms with Crippen molar-refractivity contribution in [3.8, 4) is 5.75 Å². The minimum absolute atomic E-state index is 0.00103. The van der Waals surface area contributed by atoms with Crippen LogP contribution < -0.4 is 0 Å². The van der Waals surface area contributed by atoms with Crippen LogP contribution in [0.4, 0.5) is 0 Å². The molecule has 164 valence electrons. The molecule has 3 atom stereocenters. The number of rotatable bonds is 6. The van der Waals surface area contributed by atoms with Crippen molar-refractivity contribution < 1.29 is 9.84 Å². The highest BCUT2D eigenvalue weighted by molar-refractivity contribution is 5.89. The maximum Gasteiger partial charge on any atom is 0.121 e. The monoisotopic (exact) mass is 426 g/mol. The van der Waals surface area contributed by atoms with Gasteiger partial charge in [-0.3, -0.25) is 4.90 Å². The Bertz CT molecular complexity index is 1190. The molecule has 4 heteroatoms. The highest BCUT2D eigenvalue weighted by Gasteiger charge is 2.37. The zero-order chi connectivity index (χ0) is 22.1. The molecule has 4 nitrogen and oxygen atoms in total. The van der Waals surface area contributed by atoms with E-state index < -0.39 is 0 Å². The van der Waals surface area contributed by atoms with Gasteiger partial charge in [-0.05, 0) is 35.2 Å². The van der Waals surface area contributed by atoms with Gasteiger partial charge in [-0.25, -0.2) is 0 Å². The van der Waals surface area contributed by atoms with Crippen molar-refractivity contribution in [1.82, 2.24) is 9.88 Å². The first kappa shape index (κ1) is 20.8. The Morgan fingerprint density at radius 1 is 1.03 bits per heavy atom. The Kier molecular flexibility index (Phi) is 5.73. The maximum absolute atomic E-state index is 11.2. The third-order valence-electron chi connectivity index (χ3n) is 6.89. The molecule has 1 aromatic heterocycles. The van der Waals surface area contributed by atoms with E-state index in [1.54, 1.807) is 7.11 Å². The number of aromatic amines is 1. The Labute approximate surface area is 189 Å². The summed E-state index contributed by atoms with van der Waals surface area (Å²) in [6, 6.07) is 24.8. The molecule has 1 aliphatic rings. The lowest BCUT2D eigenvalue weighted by atomic mass is 9.84. The fourth-order valence-corrected chi connectivity index (χ4v) is 5.45. The Morgan fingerprint density at radius 2 is 1.75 bits per heavy atom. The van der Waals surface area contributed by atoms with Gasteiger partial charge in [-0.15, -0.1) is 0 Å². The number of aromatic nitrogens is 1. The first-order valence-electron chi connectivity index (χ1n) is 11.3. The van der Waals surface area contributed by atoms with Crippen molar-refractivity contribution in [3.05, 3.63) is 101 Å². The minimum Gasteiger partial charge on any atom is -0.508 e. The number of H-pyrrole nitrogens is 1. The summed E-state index contributed by atoms with van der Waals surface area (Å²) < 4.78 is 6.08. The van der Waals surface area contributed by atoms with Gasteiger partial charge in [0, 0.05) is 54.8 Å². The first-order chi connectivity index (χ1) is 15.7. The van der Waals surface area contributed by atoms with E-state index in [0.29, 0.717) is 5.75 Å². The zero-order valence-corrected chi connectivity index (χ0v) is 18.7. The van der Waals surface area contributed by atoms with E-state index in [-0.39, 0.29) is 18.1 Å². The average molecular weight is 427 g/mol. The van der Waals surface area contributed by atoms with E-state index >= 15 is 0 Å². The Hall–Kier alpha value is -3.08. The lowest BCUT2D eigenvalue weighted by molar-refractivity contribution is 0.00796. The molecule has 2 heterocycles. The number of nitrogens with zero attached hydrogens (tertiary/aromatic N) is 1. The van der Waals surface area contributed by atoms with Gasteiger partial charge in [0.05, 0.1) is 6.10 Å². The van der Waals surface area contributed by atoms with E-state index in [1.165, 1.54) is 16.5 Å². The van der Waals surface area contributed by atoms with Crippen molar-refractivity contribution in [1.29, 1.82) is 0 Å². The number of nitrogens with one attached hydrogen (secondary N) is 1. The summed E-state index contributed by atoms with van der Waals surface area (Å²) in [5.74, 6) is 0.474. The summed E-state index contributed by atoms with van der Waals surface area (Å²) in [5, 5.41) is 12.3. The number of hydrogen-bond acceptors (Lipinski definition) is 3. The second kappa shape index (κ2) is 8.81. The largest absolute Gasteiger partial charge is 0.508 e. The summed E-state index contributed by atoms with van der Waals surface area (Å²) in [6.45, 7) is 3.99. The van der Waals surface area contributed by atoms with Crippen LogP contribution in [0.5, 0.6) is 5.75 Å². The van der Waals surface area contributed by atoms with Crippen LogP contribution in [-0.2, 0) is 17.7 Å². The van der Waals surface area contributed by atoms with Gasteiger partial charge < -0.3 is 14.8 Å². The van der Waals surface area contributed by atoms with Gasteiger partial charge in [0.15, 0.2) is 0 Å². The maximum atomic E-state index is 11.2. The third-order valence-corrected chi connectivity index (χ3v) is 6.89. The van der Waals surface area contributed by atoms with Crippen LogP contribution in [0.2, 0.25) is 0 Å². The molecular formula is C28H30N2O2. The molecule has 5 rings (SSSR count). The van der Waals surface area contributed by atoms with Gasteiger partial charge in [0.25, 0.3) is 0 Å². The van der Waals surface area contributed by atoms with Crippen molar-refractivity contribution in [2.75, 3.05) is 13.7 Å². The SMILES string of the molecule is COC(c1ccccc1)C(C)C1c2c(O)ccc3[nH]cc(c23)CCN1Cc1ccccc1. The molecule has 0 aliphatic carbocycles. The van der Waals surface area contributed by atoms with E-state index in [4.69, 9.17) is 4.74 Å². The fourth-order valence-electron chi connectivity index (χ4n) is 5.45. The molecule has 0 amide bonds. The molecule has 0 saturated carbocycles. The average Bonchev–Trinajstić information content (AvgIpc) is 3.16. The van der Waals surface area contributed by atoms with Crippen LogP contribution in [0.25, 0.3) is 10.9 Å². The van der Waals surface area contributed by atoms with Crippen LogP contribution in [-0.4, -0.2) is 28.6 Å². The normalized spacial score (nSPS) is 18.4. The molecule has 0 fully saturated rings. The molecule has 32 heavy (non-hydrogen) atoms. The molecule has 2 N–H and O–H groups in total. The Morgan fingerprint density at radius 3 is 2.47 bits per heavy atom. The molecule has 0 saturated heterocycles. The van der Waals surface area contributed by atoms with Gasteiger partial charge >= 0.3 is 0 Å². The summed E-state index contributed by atoms with van der Waals surface area (Å²) in [7, 11) is 1.79. The fraction of sp³-hybridized carbons (Fsp3) is 0.286. The molecule has 3 unspecified atom stereocenters. The first-order valence-corrected chi connectivity index (χ1v) is 11.3. The van der Waals surface area contributed by atoms with Crippen molar-refractivity contribution in [3.63, 3.8) is 0 Å². The van der Waals surface area contributed by atoms with E-state index in [9.17, 15) is 5.11 Å². The summed E-state index contributed by atoms with van der Waals surface area (Å²) in [5.41, 5.74) is 5.80. The molecule has 1 aliphatic heterocycles. The van der Waals surface area contributed by atoms with Crippen LogP contribution in [0.15, 0.2) is 79.0 Å². The van der Waals surface area contributed by atoms with Gasteiger partial charge in [0.2, 0.25) is 0 Å². The number of benzene rings is 3. The second-order valence-corrected chi connectivity index (χ2v) is 8.81. The van der Waals surface area contributed by atoms with E-state index in [1.807, 2.05) is 18.2 Å². The summed E-state index contributed by atoms with van der Waals surface area (Å²) in [6.07, 6.45) is 2.96. The van der Waals surface area contributed by atoms with Crippen LogP contribution in [0.1, 0.15) is 41.3 Å². The van der Waals surface area contributed by atoms with E-state index in [0.717, 1.165) is 36.2 Å². The third kappa shape index (κ3) is 3.70. The highest BCUT2D eigenvalue weighted by Crippen LogP contribution is 2.47. The molecule has 4 aromatic rings. The highest BCUT2D eigenvalue weighted by atomic mass is 16.5. The number of phenols is 1. The van der Waals surface area contributed by atoms with Gasteiger partial charge in [0.1, 0.15) is 5.75 Å². The number of hydrogen-bond donors (Lipinski definition) is 2. The quantitative estimate of drug-likeness (QED) is 0.398.